The highest BCUT2D eigenvalue weighted by Gasteiger charge is 2.26. The Morgan fingerprint density at radius 3 is 2.61 bits per heavy atom. The predicted octanol–water partition coefficient (Wildman–Crippen LogP) is 1.45. The molecule has 0 unspecified atom stereocenters. The summed E-state index contributed by atoms with van der Waals surface area (Å²) < 4.78 is 0. The molecule has 0 aliphatic carbocycles. The van der Waals surface area contributed by atoms with Crippen LogP contribution in [0.2, 0.25) is 0 Å². The van der Waals surface area contributed by atoms with Crippen molar-refractivity contribution in [3.8, 4) is 0 Å². The number of rotatable bonds is 2. The minimum absolute atomic E-state index is 0.0463. The molecule has 1 amide bonds. The van der Waals surface area contributed by atoms with Crippen LogP contribution in [0.5, 0.6) is 0 Å². The van der Waals surface area contributed by atoms with Crippen LogP contribution in [0.4, 0.5) is 10.5 Å². The summed E-state index contributed by atoms with van der Waals surface area (Å²) in [5.74, 6) is 0. The van der Waals surface area contributed by atoms with Crippen LogP contribution in [-0.2, 0) is 6.54 Å². The Hall–Kier alpha value is -1.75. The maximum absolute atomic E-state index is 11.0. The van der Waals surface area contributed by atoms with Crippen molar-refractivity contribution >= 4 is 11.8 Å². The van der Waals surface area contributed by atoms with Crippen LogP contribution in [-0.4, -0.2) is 46.7 Å². The normalized spacial score (nSPS) is 20.9. The van der Waals surface area contributed by atoms with Gasteiger partial charge >= 0.3 is 6.09 Å². The van der Waals surface area contributed by atoms with Gasteiger partial charge in [-0.25, -0.2) is 4.79 Å². The molecule has 0 saturated carbocycles. The molecule has 2 rings (SSSR count). The van der Waals surface area contributed by atoms with Gasteiger partial charge in [-0.3, -0.25) is 4.90 Å². The third-order valence-electron chi connectivity index (χ3n) is 3.34. The van der Waals surface area contributed by atoms with Crippen LogP contribution in [0.1, 0.15) is 12.5 Å². The average molecular weight is 249 g/mol. The number of nitrogen functional groups attached to an aromatic ring is 1. The SMILES string of the molecule is C[C@@H]1CN(Cc2ccc(N)cc2)CCN1C(=O)O. The van der Waals surface area contributed by atoms with Crippen LogP contribution in [0.25, 0.3) is 0 Å². The van der Waals surface area contributed by atoms with Crippen molar-refractivity contribution in [1.82, 2.24) is 9.80 Å². The predicted molar refractivity (Wildman–Crippen MR) is 70.3 cm³/mol. The van der Waals surface area contributed by atoms with Gasteiger partial charge in [0, 0.05) is 37.9 Å². The number of anilines is 1. The Morgan fingerprint density at radius 1 is 1.39 bits per heavy atom. The molecule has 0 spiro atoms. The summed E-state index contributed by atoms with van der Waals surface area (Å²) in [6.45, 7) is 4.92. The molecule has 18 heavy (non-hydrogen) atoms. The van der Waals surface area contributed by atoms with Crippen molar-refractivity contribution in [1.29, 1.82) is 0 Å². The first-order valence-corrected chi connectivity index (χ1v) is 6.12. The summed E-state index contributed by atoms with van der Waals surface area (Å²) in [5.41, 5.74) is 7.62. The van der Waals surface area contributed by atoms with Gasteiger partial charge in [-0.1, -0.05) is 12.1 Å². The molecule has 0 aromatic heterocycles. The first-order valence-electron chi connectivity index (χ1n) is 6.12. The fourth-order valence-corrected chi connectivity index (χ4v) is 2.34. The van der Waals surface area contributed by atoms with E-state index in [0.29, 0.717) is 6.54 Å². The monoisotopic (exact) mass is 249 g/mol. The van der Waals surface area contributed by atoms with Crippen LogP contribution in [0.3, 0.4) is 0 Å². The molecule has 1 aliphatic rings. The van der Waals surface area contributed by atoms with Crippen molar-refractivity contribution < 1.29 is 9.90 Å². The zero-order chi connectivity index (χ0) is 13.1. The summed E-state index contributed by atoms with van der Waals surface area (Å²) >= 11 is 0. The molecule has 3 N–H and O–H groups in total. The lowest BCUT2D eigenvalue weighted by molar-refractivity contribution is 0.0711. The van der Waals surface area contributed by atoms with Crippen LogP contribution < -0.4 is 5.73 Å². The first kappa shape index (κ1) is 12.7. The Kier molecular flexibility index (Phi) is 3.72. The molecular weight excluding hydrogens is 230 g/mol. The molecule has 1 aliphatic heterocycles. The Bertz CT molecular complexity index is 419. The van der Waals surface area contributed by atoms with Gasteiger partial charge in [0.25, 0.3) is 0 Å². The highest BCUT2D eigenvalue weighted by atomic mass is 16.4. The molecule has 1 atom stereocenters. The van der Waals surface area contributed by atoms with E-state index in [0.717, 1.165) is 25.3 Å². The van der Waals surface area contributed by atoms with E-state index in [2.05, 4.69) is 4.90 Å². The summed E-state index contributed by atoms with van der Waals surface area (Å²) in [5, 5.41) is 9.01. The quantitative estimate of drug-likeness (QED) is 0.778. The number of benzene rings is 1. The third-order valence-corrected chi connectivity index (χ3v) is 3.34. The number of carbonyl (C=O) groups is 1. The minimum Gasteiger partial charge on any atom is -0.465 e. The van der Waals surface area contributed by atoms with Crippen LogP contribution >= 0.6 is 0 Å². The second kappa shape index (κ2) is 5.27. The summed E-state index contributed by atoms with van der Waals surface area (Å²) in [4.78, 5) is 14.7. The second-order valence-electron chi connectivity index (χ2n) is 4.80. The molecule has 1 heterocycles. The van der Waals surface area contributed by atoms with Gasteiger partial charge in [0.15, 0.2) is 0 Å². The smallest absolute Gasteiger partial charge is 0.407 e. The molecule has 0 bridgehead atoms. The number of piperazine rings is 1. The van der Waals surface area contributed by atoms with Gasteiger partial charge < -0.3 is 15.7 Å². The number of nitrogens with zero attached hydrogens (tertiary/aromatic N) is 2. The number of hydrogen-bond acceptors (Lipinski definition) is 3. The molecule has 98 valence electrons. The summed E-state index contributed by atoms with van der Waals surface area (Å²) in [6.07, 6.45) is -0.824. The average Bonchev–Trinajstić information content (AvgIpc) is 2.32. The standard InChI is InChI=1S/C13H19N3O2/c1-10-8-15(6-7-16(10)13(17)18)9-11-2-4-12(14)5-3-11/h2-5,10H,6-9,14H2,1H3,(H,17,18)/t10-/m1/s1. The van der Waals surface area contributed by atoms with E-state index >= 15 is 0 Å². The third kappa shape index (κ3) is 2.92. The number of amides is 1. The maximum atomic E-state index is 11.0. The summed E-state index contributed by atoms with van der Waals surface area (Å²) in [6, 6.07) is 7.87. The fraction of sp³-hybridized carbons (Fsp3) is 0.462. The van der Waals surface area contributed by atoms with Crippen molar-refractivity contribution in [3.05, 3.63) is 29.8 Å². The molecule has 1 saturated heterocycles. The van der Waals surface area contributed by atoms with E-state index in [4.69, 9.17) is 10.8 Å². The second-order valence-corrected chi connectivity index (χ2v) is 4.80. The van der Waals surface area contributed by atoms with Crippen LogP contribution in [0, 0.1) is 0 Å². The summed E-state index contributed by atoms with van der Waals surface area (Å²) in [7, 11) is 0. The Labute approximate surface area is 107 Å². The van der Waals surface area contributed by atoms with E-state index in [1.54, 1.807) is 0 Å². The lowest BCUT2D eigenvalue weighted by atomic mass is 10.1. The Morgan fingerprint density at radius 2 is 2.06 bits per heavy atom. The number of nitrogens with two attached hydrogens (primary N) is 1. The largest absolute Gasteiger partial charge is 0.465 e. The van der Waals surface area contributed by atoms with Gasteiger partial charge in [0.2, 0.25) is 0 Å². The highest BCUT2D eigenvalue weighted by Crippen LogP contribution is 2.14. The van der Waals surface area contributed by atoms with Gasteiger partial charge in [-0.05, 0) is 24.6 Å². The lowest BCUT2D eigenvalue weighted by Gasteiger charge is -2.38. The highest BCUT2D eigenvalue weighted by molar-refractivity contribution is 5.65. The van der Waals surface area contributed by atoms with Crippen molar-refractivity contribution in [2.45, 2.75) is 19.5 Å². The number of carboxylic acid groups (broad SMARTS) is 1. The molecule has 5 nitrogen and oxygen atoms in total. The number of hydrogen-bond donors (Lipinski definition) is 2. The molecule has 1 fully saturated rings. The molecule has 5 heteroatoms. The van der Waals surface area contributed by atoms with Gasteiger partial charge in [-0.2, -0.15) is 0 Å². The van der Waals surface area contributed by atoms with Gasteiger partial charge in [0.1, 0.15) is 0 Å². The van der Waals surface area contributed by atoms with E-state index in [1.165, 1.54) is 10.5 Å². The van der Waals surface area contributed by atoms with Crippen molar-refractivity contribution in [2.24, 2.45) is 0 Å². The topological polar surface area (TPSA) is 69.8 Å². The molecule has 1 aromatic carbocycles. The van der Waals surface area contributed by atoms with Gasteiger partial charge in [0.05, 0.1) is 0 Å². The molecule has 0 radical (unpaired) electrons. The van der Waals surface area contributed by atoms with Crippen molar-refractivity contribution in [3.63, 3.8) is 0 Å². The minimum atomic E-state index is -0.824. The van der Waals surface area contributed by atoms with Crippen LogP contribution in [0.15, 0.2) is 24.3 Å². The van der Waals surface area contributed by atoms with E-state index in [9.17, 15) is 4.79 Å². The van der Waals surface area contributed by atoms with E-state index in [-0.39, 0.29) is 6.04 Å². The molecule has 1 aromatic rings. The zero-order valence-corrected chi connectivity index (χ0v) is 10.5. The van der Waals surface area contributed by atoms with Gasteiger partial charge in [-0.15, -0.1) is 0 Å². The fourth-order valence-electron chi connectivity index (χ4n) is 2.34. The van der Waals surface area contributed by atoms with Crippen molar-refractivity contribution in [2.75, 3.05) is 25.4 Å². The van der Waals surface area contributed by atoms with E-state index in [1.807, 2.05) is 31.2 Å². The maximum Gasteiger partial charge on any atom is 0.407 e. The Balaban J connectivity index is 1.93. The van der Waals surface area contributed by atoms with E-state index < -0.39 is 6.09 Å². The zero-order valence-electron chi connectivity index (χ0n) is 10.5. The lowest BCUT2D eigenvalue weighted by Crippen LogP contribution is -2.53. The molecular formula is C13H19N3O2. The first-order chi connectivity index (χ1) is 8.56.